The van der Waals surface area contributed by atoms with Crippen LogP contribution in [0.25, 0.3) is 0 Å². The summed E-state index contributed by atoms with van der Waals surface area (Å²) < 4.78 is 5.27. The van der Waals surface area contributed by atoms with E-state index in [9.17, 15) is 0 Å². The molecule has 0 aliphatic carbocycles. The summed E-state index contributed by atoms with van der Waals surface area (Å²) in [6.45, 7) is 8.03. The first kappa shape index (κ1) is 13.3. The van der Waals surface area contributed by atoms with Crippen LogP contribution < -0.4 is 0 Å². The third-order valence-electron chi connectivity index (χ3n) is 3.63. The molecule has 2 aromatic heterocycles. The molecule has 106 valence electrons. The minimum Gasteiger partial charge on any atom is -0.360 e. The summed E-state index contributed by atoms with van der Waals surface area (Å²) in [6.07, 6.45) is 1.86. The molecule has 0 spiro atoms. The Morgan fingerprint density at radius 2 is 1.85 bits per heavy atom. The molecule has 2 aromatic rings. The van der Waals surface area contributed by atoms with Gasteiger partial charge in [0.1, 0.15) is 0 Å². The Hall–Kier alpha value is -1.72. The van der Waals surface area contributed by atoms with Crippen LogP contribution in [-0.2, 0) is 13.1 Å². The van der Waals surface area contributed by atoms with E-state index in [1.54, 1.807) is 0 Å². The predicted octanol–water partition coefficient (Wildman–Crippen LogP) is 1.70. The third kappa shape index (κ3) is 3.43. The first-order valence-electron chi connectivity index (χ1n) is 7.06. The second-order valence-electron chi connectivity index (χ2n) is 5.31. The van der Waals surface area contributed by atoms with Crippen molar-refractivity contribution in [1.82, 2.24) is 19.9 Å². The third-order valence-corrected chi connectivity index (χ3v) is 3.63. The fraction of sp³-hybridized carbons (Fsp3) is 0.467. The zero-order chi connectivity index (χ0) is 13.8. The molecule has 0 aromatic carbocycles. The van der Waals surface area contributed by atoms with Gasteiger partial charge in [-0.25, -0.2) is 0 Å². The molecule has 1 fully saturated rings. The second kappa shape index (κ2) is 6.15. The number of aryl methyl sites for hydroxylation is 1. The molecule has 0 saturated carbocycles. The van der Waals surface area contributed by atoms with Crippen LogP contribution in [0.3, 0.4) is 0 Å². The van der Waals surface area contributed by atoms with Gasteiger partial charge in [-0.05, 0) is 19.1 Å². The van der Waals surface area contributed by atoms with Crippen LogP contribution in [0.5, 0.6) is 0 Å². The second-order valence-corrected chi connectivity index (χ2v) is 5.31. The number of rotatable bonds is 4. The minimum absolute atomic E-state index is 0.859. The van der Waals surface area contributed by atoms with Gasteiger partial charge in [-0.1, -0.05) is 11.2 Å². The zero-order valence-corrected chi connectivity index (χ0v) is 11.8. The van der Waals surface area contributed by atoms with Crippen molar-refractivity contribution in [2.45, 2.75) is 20.0 Å². The van der Waals surface area contributed by atoms with Crippen molar-refractivity contribution in [3.8, 4) is 0 Å². The molecule has 0 bridgehead atoms. The number of piperazine rings is 1. The Morgan fingerprint density at radius 3 is 2.45 bits per heavy atom. The van der Waals surface area contributed by atoms with Gasteiger partial charge in [-0.3, -0.25) is 14.8 Å². The molecule has 5 heteroatoms. The number of hydrogen-bond acceptors (Lipinski definition) is 5. The predicted molar refractivity (Wildman–Crippen MR) is 76.0 cm³/mol. The molecule has 0 N–H and O–H groups in total. The monoisotopic (exact) mass is 272 g/mol. The summed E-state index contributed by atoms with van der Waals surface area (Å²) in [5.74, 6) is 0.959. The average Bonchev–Trinajstić information content (AvgIpc) is 2.88. The molecule has 3 heterocycles. The van der Waals surface area contributed by atoms with Crippen LogP contribution in [0, 0.1) is 6.92 Å². The summed E-state index contributed by atoms with van der Waals surface area (Å²) in [5, 5.41) is 3.93. The fourth-order valence-corrected chi connectivity index (χ4v) is 2.54. The molecule has 1 saturated heterocycles. The van der Waals surface area contributed by atoms with Crippen molar-refractivity contribution >= 4 is 0 Å². The summed E-state index contributed by atoms with van der Waals surface area (Å²) >= 11 is 0. The Balaban J connectivity index is 1.47. The highest BCUT2D eigenvalue weighted by Crippen LogP contribution is 2.11. The molecule has 20 heavy (non-hydrogen) atoms. The Kier molecular flexibility index (Phi) is 4.08. The summed E-state index contributed by atoms with van der Waals surface area (Å²) in [4.78, 5) is 9.24. The van der Waals surface area contributed by atoms with E-state index in [-0.39, 0.29) is 0 Å². The molecule has 0 unspecified atom stereocenters. The van der Waals surface area contributed by atoms with E-state index in [1.165, 1.54) is 0 Å². The molecule has 3 rings (SSSR count). The molecule has 1 aliphatic rings. The summed E-state index contributed by atoms with van der Waals surface area (Å²) in [7, 11) is 0. The number of nitrogens with zero attached hydrogens (tertiary/aromatic N) is 4. The van der Waals surface area contributed by atoms with Crippen molar-refractivity contribution in [3.63, 3.8) is 0 Å². The van der Waals surface area contributed by atoms with E-state index in [4.69, 9.17) is 4.52 Å². The Bertz CT molecular complexity index is 532. The van der Waals surface area contributed by atoms with Gasteiger partial charge in [0.15, 0.2) is 5.76 Å². The molecule has 0 radical (unpaired) electrons. The standard InChI is InChI=1S/C15H20N4O/c1-13-10-15(20-17-13)12-19-8-6-18(7-9-19)11-14-4-2-3-5-16-14/h2-5,10H,6-9,11-12H2,1H3. The van der Waals surface area contributed by atoms with Gasteiger partial charge in [0.25, 0.3) is 0 Å². The highest BCUT2D eigenvalue weighted by atomic mass is 16.5. The van der Waals surface area contributed by atoms with Crippen molar-refractivity contribution in [3.05, 3.63) is 47.6 Å². The smallest absolute Gasteiger partial charge is 0.150 e. The van der Waals surface area contributed by atoms with E-state index in [0.717, 1.165) is 56.4 Å². The van der Waals surface area contributed by atoms with Crippen LogP contribution in [0.15, 0.2) is 35.0 Å². The summed E-state index contributed by atoms with van der Waals surface area (Å²) in [5.41, 5.74) is 2.10. The van der Waals surface area contributed by atoms with E-state index in [0.29, 0.717) is 0 Å². The van der Waals surface area contributed by atoms with Crippen LogP contribution in [0.1, 0.15) is 17.1 Å². The van der Waals surface area contributed by atoms with E-state index < -0.39 is 0 Å². The lowest BCUT2D eigenvalue weighted by Gasteiger charge is -2.33. The van der Waals surface area contributed by atoms with Gasteiger partial charge in [0.2, 0.25) is 0 Å². The van der Waals surface area contributed by atoms with E-state index >= 15 is 0 Å². The fourth-order valence-electron chi connectivity index (χ4n) is 2.54. The van der Waals surface area contributed by atoms with Gasteiger partial charge in [0.05, 0.1) is 17.9 Å². The normalized spacial score (nSPS) is 17.4. The molecular weight excluding hydrogens is 252 g/mol. The van der Waals surface area contributed by atoms with Gasteiger partial charge in [-0.2, -0.15) is 0 Å². The lowest BCUT2D eigenvalue weighted by molar-refractivity contribution is 0.113. The summed E-state index contributed by atoms with van der Waals surface area (Å²) in [6, 6.07) is 8.11. The highest BCUT2D eigenvalue weighted by molar-refractivity contribution is 5.04. The highest BCUT2D eigenvalue weighted by Gasteiger charge is 2.18. The van der Waals surface area contributed by atoms with Crippen molar-refractivity contribution in [2.24, 2.45) is 0 Å². The average molecular weight is 272 g/mol. The lowest BCUT2D eigenvalue weighted by Crippen LogP contribution is -2.45. The van der Waals surface area contributed by atoms with Crippen LogP contribution in [0.4, 0.5) is 0 Å². The van der Waals surface area contributed by atoms with Crippen LogP contribution in [-0.4, -0.2) is 46.1 Å². The van der Waals surface area contributed by atoms with Crippen molar-refractivity contribution < 1.29 is 4.52 Å². The van der Waals surface area contributed by atoms with Crippen molar-refractivity contribution in [1.29, 1.82) is 0 Å². The first-order valence-corrected chi connectivity index (χ1v) is 7.06. The largest absolute Gasteiger partial charge is 0.360 e. The SMILES string of the molecule is Cc1cc(CN2CCN(Cc3ccccn3)CC2)on1. The minimum atomic E-state index is 0.859. The van der Waals surface area contributed by atoms with E-state index in [2.05, 4.69) is 26.0 Å². The Labute approximate surface area is 119 Å². The van der Waals surface area contributed by atoms with Gasteiger partial charge in [-0.15, -0.1) is 0 Å². The first-order chi connectivity index (χ1) is 9.79. The zero-order valence-electron chi connectivity index (χ0n) is 11.8. The molecule has 1 aliphatic heterocycles. The van der Waals surface area contributed by atoms with Crippen LogP contribution in [0.2, 0.25) is 0 Å². The molecule has 0 atom stereocenters. The van der Waals surface area contributed by atoms with Gasteiger partial charge >= 0.3 is 0 Å². The maximum absolute atomic E-state index is 5.27. The molecule has 0 amide bonds. The maximum atomic E-state index is 5.27. The maximum Gasteiger partial charge on any atom is 0.150 e. The van der Waals surface area contributed by atoms with E-state index in [1.807, 2.05) is 31.3 Å². The molecular formula is C15H20N4O. The topological polar surface area (TPSA) is 45.4 Å². The van der Waals surface area contributed by atoms with Gasteiger partial charge in [0, 0.05) is 45.0 Å². The molecule has 5 nitrogen and oxygen atoms in total. The number of aromatic nitrogens is 2. The van der Waals surface area contributed by atoms with Gasteiger partial charge < -0.3 is 4.52 Å². The number of pyridine rings is 1. The Morgan fingerprint density at radius 1 is 1.10 bits per heavy atom. The van der Waals surface area contributed by atoms with Crippen LogP contribution >= 0.6 is 0 Å². The van der Waals surface area contributed by atoms with Crippen molar-refractivity contribution in [2.75, 3.05) is 26.2 Å². The quantitative estimate of drug-likeness (QED) is 0.847. The number of hydrogen-bond donors (Lipinski definition) is 0. The lowest BCUT2D eigenvalue weighted by atomic mass is 10.2.